The Morgan fingerprint density at radius 1 is 1.23 bits per heavy atom. The third-order valence-electron chi connectivity index (χ3n) is 3.22. The van der Waals surface area contributed by atoms with E-state index in [4.69, 9.17) is 0 Å². The van der Waals surface area contributed by atoms with E-state index in [0.29, 0.717) is 0 Å². The molecule has 0 saturated heterocycles. The zero-order valence-corrected chi connectivity index (χ0v) is 13.0. The smallest absolute Gasteiger partial charge is 0.290 e. The summed E-state index contributed by atoms with van der Waals surface area (Å²) in [6, 6.07) is 10.5. The molecule has 1 atom stereocenters. The van der Waals surface area contributed by atoms with Crippen LogP contribution < -0.4 is 5.32 Å². The van der Waals surface area contributed by atoms with E-state index in [1.165, 1.54) is 12.3 Å². The molecule has 1 N–H and O–H groups in total. The molecule has 0 aliphatic rings. The van der Waals surface area contributed by atoms with E-state index in [0.717, 1.165) is 11.1 Å². The predicted molar refractivity (Wildman–Crippen MR) is 83.2 cm³/mol. The van der Waals surface area contributed by atoms with Crippen molar-refractivity contribution >= 4 is 17.7 Å². The van der Waals surface area contributed by atoms with Crippen LogP contribution in [0.5, 0.6) is 0 Å². The van der Waals surface area contributed by atoms with Crippen LogP contribution in [0.25, 0.3) is 0 Å². The van der Waals surface area contributed by atoms with Gasteiger partial charge in [-0.15, -0.1) is 0 Å². The lowest BCUT2D eigenvalue weighted by molar-refractivity contribution is 0.0936. The van der Waals surface area contributed by atoms with Gasteiger partial charge in [0.2, 0.25) is 0 Å². The Hall–Kier alpha value is -1.95. The Bertz CT molecular complexity index is 664. The van der Waals surface area contributed by atoms with E-state index in [1.807, 2.05) is 38.1 Å². The minimum Gasteiger partial charge on any atom is -0.345 e. The zero-order valence-electron chi connectivity index (χ0n) is 12.2. The molecule has 1 aromatic heterocycles. The fraction of sp³-hybridized carbons (Fsp3) is 0.250. The lowest BCUT2D eigenvalue weighted by Crippen LogP contribution is -2.27. The summed E-state index contributed by atoms with van der Waals surface area (Å²) in [5.74, 6) is -3.03. The van der Waals surface area contributed by atoms with Gasteiger partial charge in [-0.2, -0.15) is 8.78 Å². The molecular weight excluding hydrogens is 306 g/mol. The first kappa shape index (κ1) is 16.4. The van der Waals surface area contributed by atoms with E-state index in [1.54, 1.807) is 6.07 Å². The highest BCUT2D eigenvalue weighted by Gasteiger charge is 2.19. The van der Waals surface area contributed by atoms with Crippen molar-refractivity contribution in [1.29, 1.82) is 0 Å². The Morgan fingerprint density at radius 3 is 2.64 bits per heavy atom. The van der Waals surface area contributed by atoms with Gasteiger partial charge in [0.15, 0.2) is 0 Å². The summed E-state index contributed by atoms with van der Waals surface area (Å²) in [7, 11) is 0. The molecule has 0 aliphatic heterocycles. The van der Waals surface area contributed by atoms with Gasteiger partial charge in [0, 0.05) is 6.20 Å². The van der Waals surface area contributed by atoms with Crippen molar-refractivity contribution in [3.8, 4) is 0 Å². The highest BCUT2D eigenvalue weighted by Crippen LogP contribution is 2.27. The maximum atomic E-state index is 12.5. The van der Waals surface area contributed by atoms with Gasteiger partial charge in [-0.3, -0.25) is 4.79 Å². The lowest BCUT2D eigenvalue weighted by Gasteiger charge is -2.17. The molecule has 1 amide bonds. The van der Waals surface area contributed by atoms with Crippen molar-refractivity contribution in [3.63, 3.8) is 0 Å². The molecule has 0 saturated carbocycles. The number of nitrogens with zero attached hydrogens (tertiary/aromatic N) is 1. The molecule has 0 bridgehead atoms. The summed E-state index contributed by atoms with van der Waals surface area (Å²) in [4.78, 5) is 16.2. The van der Waals surface area contributed by atoms with Gasteiger partial charge >= 0.3 is 0 Å². The van der Waals surface area contributed by atoms with Crippen LogP contribution in [0.1, 0.15) is 34.5 Å². The van der Waals surface area contributed by atoms with Gasteiger partial charge in [0.25, 0.3) is 11.7 Å². The second-order valence-electron chi connectivity index (χ2n) is 4.79. The van der Waals surface area contributed by atoms with Gasteiger partial charge in [0.1, 0.15) is 5.03 Å². The first-order chi connectivity index (χ1) is 10.5. The third-order valence-corrected chi connectivity index (χ3v) is 3.95. The highest BCUT2D eigenvalue weighted by molar-refractivity contribution is 7.99. The van der Waals surface area contributed by atoms with Crippen molar-refractivity contribution in [2.75, 3.05) is 0 Å². The molecule has 0 radical (unpaired) electrons. The molecule has 1 aromatic carbocycles. The zero-order chi connectivity index (χ0) is 16.1. The van der Waals surface area contributed by atoms with E-state index in [9.17, 15) is 13.6 Å². The fourth-order valence-corrected chi connectivity index (χ4v) is 2.74. The maximum Gasteiger partial charge on any atom is 0.290 e. The molecule has 116 valence electrons. The average molecular weight is 322 g/mol. The van der Waals surface area contributed by atoms with Crippen LogP contribution in [0, 0.1) is 6.92 Å². The van der Waals surface area contributed by atoms with Crippen LogP contribution >= 0.6 is 11.8 Å². The number of rotatable bonds is 5. The fourth-order valence-electron chi connectivity index (χ4n) is 2.17. The van der Waals surface area contributed by atoms with Gasteiger partial charge in [-0.25, -0.2) is 4.98 Å². The van der Waals surface area contributed by atoms with Crippen molar-refractivity contribution in [2.24, 2.45) is 0 Å². The van der Waals surface area contributed by atoms with Crippen LogP contribution in [-0.2, 0) is 0 Å². The lowest BCUT2D eigenvalue weighted by atomic mass is 10.0. The Balaban J connectivity index is 2.17. The van der Waals surface area contributed by atoms with Crippen LogP contribution in [0.15, 0.2) is 47.6 Å². The number of benzene rings is 1. The number of carbonyl (C=O) groups is 1. The van der Waals surface area contributed by atoms with Crippen molar-refractivity contribution in [1.82, 2.24) is 10.3 Å². The summed E-state index contributed by atoms with van der Waals surface area (Å²) in [5, 5.41) is 2.86. The van der Waals surface area contributed by atoms with Crippen molar-refractivity contribution < 1.29 is 13.6 Å². The van der Waals surface area contributed by atoms with Crippen LogP contribution in [0.2, 0.25) is 0 Å². The molecule has 2 aromatic rings. The van der Waals surface area contributed by atoms with E-state index >= 15 is 0 Å². The number of aromatic nitrogens is 1. The number of pyridine rings is 1. The van der Waals surface area contributed by atoms with Gasteiger partial charge in [-0.05, 0) is 48.9 Å². The normalized spacial score (nSPS) is 12.2. The van der Waals surface area contributed by atoms with Crippen LogP contribution in [0.3, 0.4) is 0 Å². The molecule has 0 aliphatic carbocycles. The number of carbonyl (C=O) groups excluding carboxylic acids is 1. The quantitative estimate of drug-likeness (QED) is 0.839. The predicted octanol–water partition coefficient (Wildman–Crippen LogP) is 4.20. The second-order valence-corrected chi connectivity index (χ2v) is 5.77. The first-order valence-corrected chi connectivity index (χ1v) is 7.63. The summed E-state index contributed by atoms with van der Waals surface area (Å²) in [5.41, 5.74) is 2.21. The number of hydrogen-bond donors (Lipinski definition) is 1. The maximum absolute atomic E-state index is 12.5. The molecule has 0 spiro atoms. The van der Waals surface area contributed by atoms with Crippen LogP contribution in [0.4, 0.5) is 8.78 Å². The molecule has 6 heteroatoms. The highest BCUT2D eigenvalue weighted by atomic mass is 32.2. The number of amides is 1. The number of hydrogen-bond acceptors (Lipinski definition) is 3. The molecule has 22 heavy (non-hydrogen) atoms. The number of halogens is 2. The summed E-state index contributed by atoms with van der Waals surface area (Å²) < 4.78 is 25.1. The SMILES string of the molecule is Cc1ccccc1C(C)NC(=O)c1cccnc1SC(F)F. The van der Waals surface area contributed by atoms with Crippen LogP contribution in [-0.4, -0.2) is 16.6 Å². The molecule has 0 fully saturated rings. The largest absolute Gasteiger partial charge is 0.345 e. The monoisotopic (exact) mass is 322 g/mol. The minimum atomic E-state index is -2.62. The Kier molecular flexibility index (Phi) is 5.49. The number of aryl methyl sites for hydroxylation is 1. The average Bonchev–Trinajstić information content (AvgIpc) is 2.47. The third kappa shape index (κ3) is 4.04. The van der Waals surface area contributed by atoms with Crippen molar-refractivity contribution in [2.45, 2.75) is 30.7 Å². The summed E-state index contributed by atoms with van der Waals surface area (Å²) >= 11 is 0.274. The van der Waals surface area contributed by atoms with Gasteiger partial charge < -0.3 is 5.32 Å². The summed E-state index contributed by atoms with van der Waals surface area (Å²) in [6.07, 6.45) is 1.40. The first-order valence-electron chi connectivity index (χ1n) is 6.75. The number of nitrogens with one attached hydrogen (secondary N) is 1. The van der Waals surface area contributed by atoms with E-state index in [2.05, 4.69) is 10.3 Å². The molecular formula is C16H16F2N2OS. The van der Waals surface area contributed by atoms with E-state index in [-0.39, 0.29) is 28.4 Å². The van der Waals surface area contributed by atoms with Crippen molar-refractivity contribution in [3.05, 3.63) is 59.3 Å². The number of alkyl halides is 2. The second kappa shape index (κ2) is 7.35. The molecule has 3 nitrogen and oxygen atoms in total. The minimum absolute atomic E-state index is 0.0342. The standard InChI is InChI=1S/C16H16F2N2OS/c1-10-6-3-4-7-12(10)11(2)20-14(21)13-8-5-9-19-15(13)22-16(17)18/h3-9,11,16H,1-2H3,(H,20,21). The Labute approximate surface area is 132 Å². The molecule has 2 rings (SSSR count). The molecule has 1 unspecified atom stereocenters. The van der Waals surface area contributed by atoms with E-state index < -0.39 is 11.7 Å². The van der Waals surface area contributed by atoms with Gasteiger partial charge in [-0.1, -0.05) is 24.3 Å². The summed E-state index contributed by atoms with van der Waals surface area (Å²) in [6.45, 7) is 3.82. The molecule has 1 heterocycles. The number of thioether (sulfide) groups is 1. The topological polar surface area (TPSA) is 42.0 Å². The van der Waals surface area contributed by atoms with Gasteiger partial charge in [0.05, 0.1) is 11.6 Å². The Morgan fingerprint density at radius 2 is 1.95 bits per heavy atom.